The zero-order valence-electron chi connectivity index (χ0n) is 11.4. The molecule has 0 amide bonds. The van der Waals surface area contributed by atoms with Crippen molar-refractivity contribution in [3.63, 3.8) is 0 Å². The second kappa shape index (κ2) is 8.30. The third kappa shape index (κ3) is 5.38. The normalized spacial score (nSPS) is 9.45. The van der Waals surface area contributed by atoms with E-state index in [1.54, 1.807) is 0 Å². The lowest BCUT2D eigenvalue weighted by molar-refractivity contribution is 1.19. The van der Waals surface area contributed by atoms with Crippen molar-refractivity contribution in [3.05, 3.63) is 102 Å². The lowest BCUT2D eigenvalue weighted by atomic mass is 10.1. The van der Waals surface area contributed by atoms with E-state index in [0.29, 0.717) is 0 Å². The van der Waals surface area contributed by atoms with Crippen molar-refractivity contribution in [2.75, 3.05) is 0 Å². The molecule has 20 heavy (non-hydrogen) atoms. The van der Waals surface area contributed by atoms with Crippen molar-refractivity contribution < 1.29 is 0 Å². The first-order valence-corrected chi connectivity index (χ1v) is 7.31. The maximum Gasteiger partial charge on any atom is -0.00258 e. The van der Waals surface area contributed by atoms with Gasteiger partial charge in [-0.15, -0.1) is 9.24 Å². The predicted molar refractivity (Wildman–Crippen MR) is 91.5 cm³/mol. The van der Waals surface area contributed by atoms with E-state index in [2.05, 4.69) is 69.9 Å². The molecule has 0 spiro atoms. The number of benzene rings is 3. The molecule has 100 valence electrons. The van der Waals surface area contributed by atoms with Gasteiger partial charge < -0.3 is 0 Å². The van der Waals surface area contributed by atoms with E-state index in [4.69, 9.17) is 0 Å². The van der Waals surface area contributed by atoms with Crippen LogP contribution in [0.4, 0.5) is 0 Å². The Balaban J connectivity index is 0.000000178. The van der Waals surface area contributed by atoms with E-state index >= 15 is 0 Å². The van der Waals surface area contributed by atoms with Gasteiger partial charge in [0.25, 0.3) is 0 Å². The second-order valence-electron chi connectivity index (χ2n) is 4.56. The summed E-state index contributed by atoms with van der Waals surface area (Å²) in [6.45, 7) is 0. The van der Waals surface area contributed by atoms with Crippen LogP contribution in [-0.2, 0) is 6.42 Å². The Morgan fingerprint density at radius 1 is 0.500 bits per heavy atom. The molecular weight excluding hydrogens is 259 g/mol. The molecule has 1 atom stereocenters. The summed E-state index contributed by atoms with van der Waals surface area (Å²) in [5.41, 5.74) is 2.74. The minimum Gasteiger partial charge on any atom is -0.106 e. The van der Waals surface area contributed by atoms with Gasteiger partial charge in [0.1, 0.15) is 0 Å². The van der Waals surface area contributed by atoms with E-state index in [0.717, 1.165) is 6.42 Å². The molecule has 1 unspecified atom stereocenters. The molecule has 0 N–H and O–H groups in total. The fraction of sp³-hybridized carbons (Fsp3) is 0.0526. The standard InChI is InChI=1S/C13H12.C6H7P/c1-3-7-12(8-4-1)11-13-9-5-2-6-10-13;7-6-4-2-1-3-5-6/h1-10H,11H2;1-5H,7H2. The van der Waals surface area contributed by atoms with Crippen molar-refractivity contribution in [2.24, 2.45) is 0 Å². The lowest BCUT2D eigenvalue weighted by Crippen LogP contribution is -1.85. The molecule has 1 heteroatoms. The van der Waals surface area contributed by atoms with Crippen molar-refractivity contribution in [1.82, 2.24) is 0 Å². The Morgan fingerprint density at radius 2 is 0.850 bits per heavy atom. The van der Waals surface area contributed by atoms with E-state index in [1.807, 2.05) is 30.3 Å². The van der Waals surface area contributed by atoms with E-state index in [-0.39, 0.29) is 0 Å². The summed E-state index contributed by atoms with van der Waals surface area (Å²) >= 11 is 0. The van der Waals surface area contributed by atoms with Crippen molar-refractivity contribution in [3.8, 4) is 0 Å². The summed E-state index contributed by atoms with van der Waals surface area (Å²) in [5, 5.41) is 1.24. The molecule has 0 aliphatic carbocycles. The first kappa shape index (κ1) is 14.5. The van der Waals surface area contributed by atoms with Gasteiger partial charge in [0, 0.05) is 0 Å². The van der Waals surface area contributed by atoms with Crippen molar-refractivity contribution in [1.29, 1.82) is 0 Å². The van der Waals surface area contributed by atoms with Crippen LogP contribution in [-0.4, -0.2) is 0 Å². The van der Waals surface area contributed by atoms with Crippen LogP contribution in [0.15, 0.2) is 91.0 Å². The molecule has 0 heterocycles. The Morgan fingerprint density at radius 3 is 1.15 bits per heavy atom. The van der Waals surface area contributed by atoms with Crippen LogP contribution in [0.2, 0.25) is 0 Å². The van der Waals surface area contributed by atoms with Gasteiger partial charge in [-0.3, -0.25) is 0 Å². The third-order valence-electron chi connectivity index (χ3n) is 2.89. The molecule has 0 aliphatic heterocycles. The molecular formula is C19H19P. The first-order valence-electron chi connectivity index (χ1n) is 6.73. The summed E-state index contributed by atoms with van der Waals surface area (Å²) in [7, 11) is 2.63. The highest BCUT2D eigenvalue weighted by molar-refractivity contribution is 7.27. The highest BCUT2D eigenvalue weighted by Gasteiger charge is 1.92. The maximum absolute atomic E-state index is 2.63. The van der Waals surface area contributed by atoms with Crippen molar-refractivity contribution >= 4 is 14.5 Å². The SMILES string of the molecule is Pc1ccccc1.c1ccc(Cc2ccccc2)cc1. The van der Waals surface area contributed by atoms with E-state index in [9.17, 15) is 0 Å². The topological polar surface area (TPSA) is 0 Å². The lowest BCUT2D eigenvalue weighted by Gasteiger charge is -2.00. The van der Waals surface area contributed by atoms with Gasteiger partial charge in [-0.2, -0.15) is 0 Å². The second-order valence-corrected chi connectivity index (χ2v) is 5.23. The van der Waals surface area contributed by atoms with Crippen LogP contribution < -0.4 is 5.30 Å². The summed E-state index contributed by atoms with van der Waals surface area (Å²) in [4.78, 5) is 0. The maximum atomic E-state index is 2.63. The predicted octanol–water partition coefficient (Wildman–Crippen LogP) is 4.46. The summed E-state index contributed by atoms with van der Waals surface area (Å²) in [5.74, 6) is 0. The van der Waals surface area contributed by atoms with Gasteiger partial charge in [0.15, 0.2) is 0 Å². The number of hydrogen-bond acceptors (Lipinski definition) is 0. The monoisotopic (exact) mass is 278 g/mol. The highest BCUT2D eigenvalue weighted by atomic mass is 31.0. The largest absolute Gasteiger partial charge is 0.106 e. The van der Waals surface area contributed by atoms with Gasteiger partial charge in [0.2, 0.25) is 0 Å². The third-order valence-corrected chi connectivity index (χ3v) is 3.28. The minimum absolute atomic E-state index is 1.03. The summed E-state index contributed by atoms with van der Waals surface area (Å²) in [6, 6.07) is 31.2. The fourth-order valence-corrected chi connectivity index (χ4v) is 2.10. The van der Waals surface area contributed by atoms with Gasteiger partial charge >= 0.3 is 0 Å². The quantitative estimate of drug-likeness (QED) is 0.607. The van der Waals surface area contributed by atoms with Gasteiger partial charge in [0.05, 0.1) is 0 Å². The van der Waals surface area contributed by atoms with Gasteiger partial charge in [-0.05, 0) is 22.9 Å². The van der Waals surface area contributed by atoms with Crippen LogP contribution in [0.1, 0.15) is 11.1 Å². The highest BCUT2D eigenvalue weighted by Crippen LogP contribution is 2.07. The molecule has 0 fully saturated rings. The molecule has 0 nitrogen and oxygen atoms in total. The number of hydrogen-bond donors (Lipinski definition) is 0. The average molecular weight is 278 g/mol. The molecule has 0 aliphatic rings. The Hall–Kier alpha value is -1.91. The zero-order chi connectivity index (χ0) is 14.0. The van der Waals surface area contributed by atoms with E-state index < -0.39 is 0 Å². The molecule has 0 saturated carbocycles. The van der Waals surface area contributed by atoms with Crippen molar-refractivity contribution in [2.45, 2.75) is 6.42 Å². The summed E-state index contributed by atoms with van der Waals surface area (Å²) in [6.07, 6.45) is 1.03. The van der Waals surface area contributed by atoms with Crippen LogP contribution in [0.25, 0.3) is 0 Å². The van der Waals surface area contributed by atoms with Gasteiger partial charge in [-0.25, -0.2) is 0 Å². The fourth-order valence-electron chi connectivity index (χ4n) is 1.88. The summed E-state index contributed by atoms with van der Waals surface area (Å²) < 4.78 is 0. The Labute approximate surface area is 123 Å². The smallest absolute Gasteiger partial charge is 0.00258 e. The van der Waals surface area contributed by atoms with Crippen LogP contribution >= 0.6 is 9.24 Å². The Kier molecular flexibility index (Phi) is 6.02. The molecule has 0 bridgehead atoms. The molecule has 3 rings (SSSR count). The zero-order valence-corrected chi connectivity index (χ0v) is 12.6. The average Bonchev–Trinajstić information content (AvgIpc) is 2.51. The van der Waals surface area contributed by atoms with Crippen LogP contribution in [0, 0.1) is 0 Å². The van der Waals surface area contributed by atoms with Crippen LogP contribution in [0.3, 0.4) is 0 Å². The molecule has 0 radical (unpaired) electrons. The van der Waals surface area contributed by atoms with E-state index in [1.165, 1.54) is 16.4 Å². The minimum atomic E-state index is 1.03. The molecule has 0 aromatic heterocycles. The Bertz CT molecular complexity index is 551. The molecule has 3 aromatic rings. The molecule has 3 aromatic carbocycles. The van der Waals surface area contributed by atoms with Crippen LogP contribution in [0.5, 0.6) is 0 Å². The van der Waals surface area contributed by atoms with Gasteiger partial charge in [-0.1, -0.05) is 91.0 Å². The molecule has 0 saturated heterocycles. The first-order chi connectivity index (χ1) is 9.84. The number of rotatable bonds is 2.